The molecule has 0 bridgehead atoms. The highest BCUT2D eigenvalue weighted by atomic mass is 16.6. The van der Waals surface area contributed by atoms with Crippen LogP contribution in [0.3, 0.4) is 0 Å². The van der Waals surface area contributed by atoms with Crippen molar-refractivity contribution < 1.29 is 28.6 Å². The second-order valence-electron chi connectivity index (χ2n) is 11.1. The number of morpholine rings is 1. The summed E-state index contributed by atoms with van der Waals surface area (Å²) < 4.78 is 17.2. The van der Waals surface area contributed by atoms with E-state index in [2.05, 4.69) is 20.4 Å². The summed E-state index contributed by atoms with van der Waals surface area (Å²) in [6.45, 7) is 5.92. The summed E-state index contributed by atoms with van der Waals surface area (Å²) in [6.07, 6.45) is 8.27. The monoisotopic (exact) mass is 596 g/mol. The minimum absolute atomic E-state index is 0.0332. The molecule has 5 rings (SSSR count). The van der Waals surface area contributed by atoms with Gasteiger partial charge >= 0.3 is 6.09 Å². The highest BCUT2D eigenvalue weighted by molar-refractivity contribution is 6.04. The zero-order valence-corrected chi connectivity index (χ0v) is 24.9. The number of nitrogens with zero attached hydrogens (tertiary/aromatic N) is 5. The van der Waals surface area contributed by atoms with E-state index in [1.807, 2.05) is 13.8 Å². The number of nitrogens with one attached hydrogen (secondary N) is 1. The number of hydrogen-bond acceptors (Lipinski definition) is 10. The van der Waals surface area contributed by atoms with Gasteiger partial charge < -0.3 is 35.9 Å². The molecule has 232 valence electrons. The Morgan fingerprint density at radius 2 is 1.84 bits per heavy atom. The molecule has 3 aromatic rings. The van der Waals surface area contributed by atoms with Crippen molar-refractivity contribution in [2.45, 2.75) is 52.0 Å². The first-order valence-corrected chi connectivity index (χ1v) is 14.3. The smallest absolute Gasteiger partial charge is 0.409 e. The fourth-order valence-corrected chi connectivity index (χ4v) is 4.91. The number of rotatable bonds is 7. The van der Waals surface area contributed by atoms with Crippen LogP contribution in [0.1, 0.15) is 56.3 Å². The molecule has 2 aliphatic rings. The van der Waals surface area contributed by atoms with Gasteiger partial charge in [-0.3, -0.25) is 9.59 Å². The lowest BCUT2D eigenvalue weighted by Gasteiger charge is -2.30. The fourth-order valence-electron chi connectivity index (χ4n) is 4.91. The highest BCUT2D eigenvalue weighted by Gasteiger charge is 2.32. The molecule has 0 aromatic carbocycles. The lowest BCUT2D eigenvalue weighted by atomic mass is 9.90. The highest BCUT2D eigenvalue weighted by Crippen LogP contribution is 2.28. The SMILES string of the molecule is CC(C)(COC(=O)N1CCOCC1)C(=O)NC1CCCCC1.COc1cc(-c2cc(C(N)=O)c3c(N)ncnn23)ccn1. The van der Waals surface area contributed by atoms with Crippen molar-refractivity contribution in [3.05, 3.63) is 36.3 Å². The minimum atomic E-state index is -0.709. The van der Waals surface area contributed by atoms with E-state index in [4.69, 9.17) is 25.7 Å². The van der Waals surface area contributed by atoms with Gasteiger partial charge in [0.25, 0.3) is 5.91 Å². The molecular weight excluding hydrogens is 556 g/mol. The second kappa shape index (κ2) is 14.1. The standard InChI is InChI=1S/C16H28N2O4.C13H12N6O2/c1-16(2,14(19)17-13-6-4-3-5-7-13)12-22-15(20)18-8-10-21-11-9-18;1-21-10-4-7(2-3-16-10)9-5-8(13(15)20)11-12(14)17-6-18-19(9)11/h13H,3-12H2,1-2H3,(H,17,19);2-6H,1H3,(H2,15,20)(H2,14,17,18). The van der Waals surface area contributed by atoms with Gasteiger partial charge in [0.15, 0.2) is 5.82 Å². The first-order chi connectivity index (χ1) is 20.6. The molecule has 0 unspecified atom stereocenters. The zero-order valence-electron chi connectivity index (χ0n) is 24.9. The molecule has 1 aliphatic carbocycles. The Balaban J connectivity index is 0.000000197. The number of hydrogen-bond donors (Lipinski definition) is 3. The molecule has 2 fully saturated rings. The molecule has 0 atom stereocenters. The van der Waals surface area contributed by atoms with E-state index < -0.39 is 11.3 Å². The summed E-state index contributed by atoms with van der Waals surface area (Å²) in [5.41, 5.74) is 12.6. The van der Waals surface area contributed by atoms with E-state index in [9.17, 15) is 14.4 Å². The predicted molar refractivity (Wildman–Crippen MR) is 158 cm³/mol. The zero-order chi connectivity index (χ0) is 31.0. The summed E-state index contributed by atoms with van der Waals surface area (Å²) in [5.74, 6) is 0.00613. The fraction of sp³-hybridized carbons (Fsp3) is 0.517. The normalized spacial score (nSPS) is 15.7. The van der Waals surface area contributed by atoms with Crippen LogP contribution in [0.2, 0.25) is 0 Å². The molecule has 1 saturated carbocycles. The second-order valence-corrected chi connectivity index (χ2v) is 11.1. The third-order valence-electron chi connectivity index (χ3n) is 7.47. The van der Waals surface area contributed by atoms with Crippen molar-refractivity contribution in [2.75, 3.05) is 45.8 Å². The van der Waals surface area contributed by atoms with Gasteiger partial charge in [-0.05, 0) is 38.8 Å². The molecule has 5 N–H and O–H groups in total. The van der Waals surface area contributed by atoms with Gasteiger partial charge in [0.05, 0.1) is 37.0 Å². The van der Waals surface area contributed by atoms with Gasteiger partial charge in [0, 0.05) is 37.0 Å². The van der Waals surface area contributed by atoms with Crippen LogP contribution in [0.5, 0.6) is 5.88 Å². The molecule has 14 nitrogen and oxygen atoms in total. The van der Waals surface area contributed by atoms with E-state index in [1.54, 1.807) is 29.3 Å². The summed E-state index contributed by atoms with van der Waals surface area (Å²) in [5, 5.41) is 7.23. The number of amides is 3. The Hall–Kier alpha value is -4.46. The van der Waals surface area contributed by atoms with Crippen LogP contribution >= 0.6 is 0 Å². The number of nitrogens with two attached hydrogens (primary N) is 2. The third kappa shape index (κ3) is 7.89. The van der Waals surface area contributed by atoms with E-state index in [1.165, 1.54) is 37.2 Å². The number of aromatic nitrogens is 4. The van der Waals surface area contributed by atoms with E-state index in [0.717, 1.165) is 18.4 Å². The number of fused-ring (bicyclic) bond motifs is 1. The van der Waals surface area contributed by atoms with Crippen LogP contribution in [0.4, 0.5) is 10.6 Å². The lowest BCUT2D eigenvalue weighted by molar-refractivity contribution is -0.132. The number of ether oxygens (including phenoxy) is 3. The molecule has 4 heterocycles. The van der Waals surface area contributed by atoms with E-state index in [0.29, 0.717) is 43.4 Å². The van der Waals surface area contributed by atoms with Crippen molar-refractivity contribution in [3.8, 4) is 17.1 Å². The number of methoxy groups -OCH3 is 1. The van der Waals surface area contributed by atoms with Crippen molar-refractivity contribution in [3.63, 3.8) is 0 Å². The lowest BCUT2D eigenvalue weighted by Crippen LogP contribution is -2.47. The Morgan fingerprint density at radius 1 is 1.12 bits per heavy atom. The van der Waals surface area contributed by atoms with E-state index in [-0.39, 0.29) is 36.0 Å². The molecule has 0 radical (unpaired) electrons. The Labute approximate surface area is 250 Å². The number of carbonyl (C=O) groups excluding carboxylic acids is 3. The molecule has 1 aliphatic heterocycles. The summed E-state index contributed by atoms with van der Waals surface area (Å²) in [4.78, 5) is 45.5. The molecule has 3 aromatic heterocycles. The van der Waals surface area contributed by atoms with Gasteiger partial charge in [0.1, 0.15) is 18.5 Å². The van der Waals surface area contributed by atoms with Gasteiger partial charge in [-0.25, -0.2) is 19.3 Å². The topological polar surface area (TPSA) is 189 Å². The Bertz CT molecular complexity index is 1430. The molecule has 43 heavy (non-hydrogen) atoms. The Kier molecular flexibility index (Phi) is 10.3. The van der Waals surface area contributed by atoms with Gasteiger partial charge in [0.2, 0.25) is 11.8 Å². The Morgan fingerprint density at radius 3 is 2.51 bits per heavy atom. The molecular formula is C29H40N8O6. The summed E-state index contributed by atoms with van der Waals surface area (Å²) >= 11 is 0. The quantitative estimate of drug-likeness (QED) is 0.365. The van der Waals surface area contributed by atoms with Gasteiger partial charge in [-0.2, -0.15) is 5.10 Å². The van der Waals surface area contributed by atoms with Crippen molar-refractivity contribution in [1.29, 1.82) is 0 Å². The molecule has 3 amide bonds. The maximum atomic E-state index is 12.4. The van der Waals surface area contributed by atoms with Crippen LogP contribution in [0.15, 0.2) is 30.7 Å². The first-order valence-electron chi connectivity index (χ1n) is 14.3. The minimum Gasteiger partial charge on any atom is -0.481 e. The van der Waals surface area contributed by atoms with Crippen molar-refractivity contribution in [1.82, 2.24) is 29.8 Å². The molecule has 14 heteroatoms. The van der Waals surface area contributed by atoms with Gasteiger partial charge in [-0.15, -0.1) is 0 Å². The molecule has 1 saturated heterocycles. The number of anilines is 1. The van der Waals surface area contributed by atoms with Crippen LogP contribution < -0.4 is 21.5 Å². The largest absolute Gasteiger partial charge is 0.481 e. The van der Waals surface area contributed by atoms with Crippen molar-refractivity contribution >= 4 is 29.2 Å². The van der Waals surface area contributed by atoms with Crippen LogP contribution in [-0.2, 0) is 14.3 Å². The maximum absolute atomic E-state index is 12.4. The molecule has 0 spiro atoms. The van der Waals surface area contributed by atoms with Gasteiger partial charge in [-0.1, -0.05) is 19.3 Å². The number of carbonyl (C=O) groups is 3. The summed E-state index contributed by atoms with van der Waals surface area (Å²) in [6, 6.07) is 5.39. The first kappa shape index (κ1) is 31.5. The van der Waals surface area contributed by atoms with Crippen LogP contribution in [-0.4, -0.2) is 88.5 Å². The van der Waals surface area contributed by atoms with Crippen molar-refractivity contribution in [2.24, 2.45) is 11.1 Å². The number of primary amides is 1. The maximum Gasteiger partial charge on any atom is 0.409 e. The predicted octanol–water partition coefficient (Wildman–Crippen LogP) is 2.41. The van der Waals surface area contributed by atoms with Crippen LogP contribution in [0.25, 0.3) is 16.8 Å². The average Bonchev–Trinajstić information content (AvgIpc) is 3.43. The summed E-state index contributed by atoms with van der Waals surface area (Å²) in [7, 11) is 1.53. The van der Waals surface area contributed by atoms with Crippen LogP contribution in [0, 0.1) is 5.41 Å². The average molecular weight is 597 g/mol. The number of pyridine rings is 1. The third-order valence-corrected chi connectivity index (χ3v) is 7.47. The number of nitrogen functional groups attached to an aromatic ring is 1. The van der Waals surface area contributed by atoms with E-state index >= 15 is 0 Å².